The van der Waals surface area contributed by atoms with Crippen molar-refractivity contribution in [2.24, 2.45) is 0 Å². The molecular formula is C20H21ClN6O2. The van der Waals surface area contributed by atoms with Gasteiger partial charge in [-0.2, -0.15) is 10.1 Å². The van der Waals surface area contributed by atoms with Gasteiger partial charge in [-0.05, 0) is 37.5 Å². The molecule has 0 saturated heterocycles. The van der Waals surface area contributed by atoms with Gasteiger partial charge in [0.2, 0.25) is 5.95 Å². The van der Waals surface area contributed by atoms with E-state index in [-0.39, 0.29) is 12.5 Å². The van der Waals surface area contributed by atoms with E-state index in [1.165, 1.54) is 6.20 Å². The van der Waals surface area contributed by atoms with Gasteiger partial charge in [0.15, 0.2) is 5.82 Å². The Morgan fingerprint density at radius 1 is 1.38 bits per heavy atom. The summed E-state index contributed by atoms with van der Waals surface area (Å²) in [6.07, 6.45) is 7.05. The van der Waals surface area contributed by atoms with Gasteiger partial charge in [-0.3, -0.25) is 4.79 Å². The molecule has 4 rings (SSSR count). The van der Waals surface area contributed by atoms with Gasteiger partial charge >= 0.3 is 0 Å². The molecule has 2 aromatic heterocycles. The SMILES string of the molecule is Cc1cnc(NC2CC2)nc1-n1cc(C(=O)NC(CO)c2cccc(Cl)c2)cn1. The largest absolute Gasteiger partial charge is 0.394 e. The van der Waals surface area contributed by atoms with Crippen molar-refractivity contribution in [1.82, 2.24) is 25.1 Å². The fourth-order valence-electron chi connectivity index (χ4n) is 2.90. The Kier molecular flexibility index (Phi) is 5.46. The van der Waals surface area contributed by atoms with Gasteiger partial charge in [0.05, 0.1) is 24.4 Å². The molecule has 8 nitrogen and oxygen atoms in total. The third-order valence-corrected chi connectivity index (χ3v) is 4.89. The summed E-state index contributed by atoms with van der Waals surface area (Å²) < 4.78 is 1.55. The number of nitrogens with one attached hydrogen (secondary N) is 2. The molecule has 0 aliphatic heterocycles. The lowest BCUT2D eigenvalue weighted by Crippen LogP contribution is -2.30. The fourth-order valence-corrected chi connectivity index (χ4v) is 3.10. The van der Waals surface area contributed by atoms with Crippen LogP contribution in [0.5, 0.6) is 0 Å². The van der Waals surface area contributed by atoms with Gasteiger partial charge in [-0.15, -0.1) is 0 Å². The molecule has 1 saturated carbocycles. The van der Waals surface area contributed by atoms with Crippen LogP contribution in [0.3, 0.4) is 0 Å². The first-order valence-electron chi connectivity index (χ1n) is 9.36. The van der Waals surface area contributed by atoms with Crippen LogP contribution in [0, 0.1) is 6.92 Å². The van der Waals surface area contributed by atoms with Crippen LogP contribution in [-0.2, 0) is 0 Å². The molecule has 0 spiro atoms. The molecule has 2 heterocycles. The van der Waals surface area contributed by atoms with E-state index < -0.39 is 6.04 Å². The molecule has 0 bridgehead atoms. The Hall–Kier alpha value is -2.97. The van der Waals surface area contributed by atoms with E-state index in [1.807, 2.05) is 6.92 Å². The molecule has 0 radical (unpaired) electrons. The summed E-state index contributed by atoms with van der Waals surface area (Å²) in [6.45, 7) is 1.64. The monoisotopic (exact) mass is 412 g/mol. The molecule has 1 atom stereocenters. The maximum Gasteiger partial charge on any atom is 0.255 e. The molecule has 1 aromatic carbocycles. The van der Waals surface area contributed by atoms with Crippen LogP contribution >= 0.6 is 11.6 Å². The molecule has 1 amide bonds. The van der Waals surface area contributed by atoms with E-state index in [0.717, 1.165) is 24.0 Å². The van der Waals surface area contributed by atoms with Crippen LogP contribution in [0.15, 0.2) is 42.9 Å². The van der Waals surface area contributed by atoms with Crippen molar-refractivity contribution < 1.29 is 9.90 Å². The van der Waals surface area contributed by atoms with E-state index in [1.54, 1.807) is 41.3 Å². The Morgan fingerprint density at radius 2 is 2.21 bits per heavy atom. The lowest BCUT2D eigenvalue weighted by molar-refractivity contribution is 0.0916. The highest BCUT2D eigenvalue weighted by Gasteiger charge is 2.22. The van der Waals surface area contributed by atoms with Gasteiger partial charge in [0.25, 0.3) is 5.91 Å². The standard InChI is InChI=1S/C20H21ClN6O2/c1-12-8-22-20(24-16-5-6-16)26-18(12)27-10-14(9-23-27)19(29)25-17(11-28)13-3-2-4-15(21)7-13/h2-4,7-10,16-17,28H,5-6,11H2,1H3,(H,25,29)(H,22,24,26). The highest BCUT2D eigenvalue weighted by atomic mass is 35.5. The summed E-state index contributed by atoms with van der Waals surface area (Å²) in [5.41, 5.74) is 1.93. The third-order valence-electron chi connectivity index (χ3n) is 4.66. The predicted molar refractivity (Wildman–Crippen MR) is 109 cm³/mol. The van der Waals surface area contributed by atoms with Crippen LogP contribution in [0.1, 0.15) is 40.4 Å². The molecule has 1 fully saturated rings. The zero-order valence-corrected chi connectivity index (χ0v) is 16.6. The van der Waals surface area contributed by atoms with Crippen LogP contribution < -0.4 is 10.6 Å². The highest BCUT2D eigenvalue weighted by Crippen LogP contribution is 2.24. The molecule has 150 valence electrons. The summed E-state index contributed by atoms with van der Waals surface area (Å²) in [6, 6.07) is 6.89. The quantitative estimate of drug-likeness (QED) is 0.551. The Balaban J connectivity index is 1.51. The van der Waals surface area contributed by atoms with Gasteiger partial charge < -0.3 is 15.7 Å². The summed E-state index contributed by atoms with van der Waals surface area (Å²) in [4.78, 5) is 21.5. The normalized spacial score (nSPS) is 14.4. The lowest BCUT2D eigenvalue weighted by Gasteiger charge is -2.16. The number of benzene rings is 1. The number of aliphatic hydroxyl groups is 1. The van der Waals surface area contributed by atoms with Crippen LogP contribution in [0.25, 0.3) is 5.82 Å². The Bertz CT molecular complexity index is 1030. The number of aryl methyl sites for hydroxylation is 1. The maximum atomic E-state index is 12.7. The fraction of sp³-hybridized carbons (Fsp3) is 0.300. The van der Waals surface area contributed by atoms with Crippen molar-refractivity contribution in [3.05, 3.63) is 64.6 Å². The second kappa shape index (κ2) is 8.18. The summed E-state index contributed by atoms with van der Waals surface area (Å²) in [5, 5.41) is 20.6. The molecule has 3 aromatic rings. The number of anilines is 1. The number of amides is 1. The second-order valence-corrected chi connectivity index (χ2v) is 7.49. The number of aliphatic hydroxyl groups excluding tert-OH is 1. The summed E-state index contributed by atoms with van der Waals surface area (Å²) in [7, 11) is 0. The number of nitrogens with zero attached hydrogens (tertiary/aromatic N) is 4. The number of carbonyl (C=O) groups excluding carboxylic acids is 1. The first-order valence-corrected chi connectivity index (χ1v) is 9.73. The smallest absolute Gasteiger partial charge is 0.255 e. The van der Waals surface area contributed by atoms with Crippen LogP contribution in [-0.4, -0.2) is 43.4 Å². The Morgan fingerprint density at radius 3 is 2.93 bits per heavy atom. The maximum absolute atomic E-state index is 12.7. The number of halogens is 1. The van der Waals surface area contributed by atoms with Gasteiger partial charge in [0, 0.05) is 29.0 Å². The highest BCUT2D eigenvalue weighted by molar-refractivity contribution is 6.30. The molecular weight excluding hydrogens is 392 g/mol. The average Bonchev–Trinajstić information content (AvgIpc) is 3.39. The van der Waals surface area contributed by atoms with Crippen molar-refractivity contribution in [3.8, 4) is 5.82 Å². The minimum atomic E-state index is -0.570. The third kappa shape index (κ3) is 4.55. The summed E-state index contributed by atoms with van der Waals surface area (Å²) in [5.74, 6) is 0.810. The zero-order valence-electron chi connectivity index (χ0n) is 15.8. The second-order valence-electron chi connectivity index (χ2n) is 7.06. The number of hydrogen-bond acceptors (Lipinski definition) is 6. The van der Waals surface area contributed by atoms with Crippen LogP contribution in [0.2, 0.25) is 5.02 Å². The van der Waals surface area contributed by atoms with Gasteiger partial charge in [0.1, 0.15) is 0 Å². The average molecular weight is 413 g/mol. The van der Waals surface area contributed by atoms with E-state index in [9.17, 15) is 9.90 Å². The van der Waals surface area contributed by atoms with E-state index in [0.29, 0.717) is 28.4 Å². The lowest BCUT2D eigenvalue weighted by atomic mass is 10.1. The number of hydrogen-bond donors (Lipinski definition) is 3. The minimum absolute atomic E-state index is 0.249. The van der Waals surface area contributed by atoms with Gasteiger partial charge in [-0.25, -0.2) is 9.67 Å². The predicted octanol–water partition coefficient (Wildman–Crippen LogP) is 2.66. The molecule has 1 aliphatic rings. The number of rotatable bonds is 7. The van der Waals surface area contributed by atoms with Crippen LogP contribution in [0.4, 0.5) is 5.95 Å². The first-order chi connectivity index (χ1) is 14.0. The van der Waals surface area contributed by atoms with Crippen molar-refractivity contribution in [2.75, 3.05) is 11.9 Å². The molecule has 29 heavy (non-hydrogen) atoms. The molecule has 3 N–H and O–H groups in total. The number of carbonyl (C=O) groups is 1. The summed E-state index contributed by atoms with van der Waals surface area (Å²) >= 11 is 6.01. The topological polar surface area (TPSA) is 105 Å². The van der Waals surface area contributed by atoms with Crippen molar-refractivity contribution >= 4 is 23.5 Å². The van der Waals surface area contributed by atoms with E-state index in [2.05, 4.69) is 25.7 Å². The van der Waals surface area contributed by atoms with E-state index in [4.69, 9.17) is 11.6 Å². The number of aromatic nitrogens is 4. The minimum Gasteiger partial charge on any atom is -0.394 e. The van der Waals surface area contributed by atoms with Crippen molar-refractivity contribution in [3.63, 3.8) is 0 Å². The zero-order chi connectivity index (χ0) is 20.4. The van der Waals surface area contributed by atoms with Crippen molar-refractivity contribution in [2.45, 2.75) is 31.8 Å². The van der Waals surface area contributed by atoms with Crippen molar-refractivity contribution in [1.29, 1.82) is 0 Å². The van der Waals surface area contributed by atoms with E-state index >= 15 is 0 Å². The molecule has 1 aliphatic carbocycles. The molecule has 1 unspecified atom stereocenters. The first kappa shape index (κ1) is 19.4. The van der Waals surface area contributed by atoms with Gasteiger partial charge in [-0.1, -0.05) is 23.7 Å². The molecule has 9 heteroatoms. The Labute approximate surface area is 172 Å².